The molecule has 90 valence electrons. The molecule has 0 aliphatic carbocycles. The predicted octanol–water partition coefficient (Wildman–Crippen LogP) is 2.18. The smallest absolute Gasteiger partial charge is 0.219 e. The number of rotatable bonds is 3. The van der Waals surface area contributed by atoms with Gasteiger partial charge >= 0.3 is 0 Å². The van der Waals surface area contributed by atoms with Gasteiger partial charge in [-0.1, -0.05) is 11.6 Å². The second-order valence-corrected chi connectivity index (χ2v) is 4.67. The fraction of sp³-hybridized carbons (Fsp3) is 0.300. The molecule has 0 aliphatic rings. The topological polar surface area (TPSA) is 76.7 Å². The standard InChI is InChI=1S/C10H11ClN4OS/c1-5(2-8(12)16)15-9-7(14-10(15)17)3-6(11)4-13-9/h3-5H,2H2,1H3,(H2,12,16)(H,14,17). The third-order valence-electron chi connectivity index (χ3n) is 2.46. The molecular formula is C10H11ClN4OS. The Balaban J connectivity index is 2.57. The van der Waals surface area contributed by atoms with Crippen molar-refractivity contribution in [3.8, 4) is 0 Å². The lowest BCUT2D eigenvalue weighted by molar-refractivity contribution is -0.118. The summed E-state index contributed by atoms with van der Waals surface area (Å²) >= 11 is 11.0. The maximum Gasteiger partial charge on any atom is 0.219 e. The van der Waals surface area contributed by atoms with E-state index >= 15 is 0 Å². The summed E-state index contributed by atoms with van der Waals surface area (Å²) in [5, 5.41) is 0.531. The highest BCUT2D eigenvalue weighted by Gasteiger charge is 2.14. The first-order valence-corrected chi connectivity index (χ1v) is 5.81. The number of H-pyrrole nitrogens is 1. The number of halogens is 1. The Bertz CT molecular complexity index is 633. The number of hydrogen-bond acceptors (Lipinski definition) is 3. The van der Waals surface area contributed by atoms with Gasteiger partial charge < -0.3 is 10.7 Å². The number of nitrogens with zero attached hydrogens (tertiary/aromatic N) is 2. The van der Waals surface area contributed by atoms with Gasteiger partial charge in [0.05, 0.1) is 10.5 Å². The highest BCUT2D eigenvalue weighted by molar-refractivity contribution is 7.71. The van der Waals surface area contributed by atoms with Gasteiger partial charge in [-0.15, -0.1) is 0 Å². The van der Waals surface area contributed by atoms with Gasteiger partial charge in [-0.3, -0.25) is 9.36 Å². The number of aromatic nitrogens is 3. The number of fused-ring (bicyclic) bond motifs is 1. The summed E-state index contributed by atoms with van der Waals surface area (Å²) in [6.07, 6.45) is 1.76. The molecular weight excluding hydrogens is 260 g/mol. The Morgan fingerprint density at radius 1 is 1.76 bits per heavy atom. The zero-order chi connectivity index (χ0) is 12.6. The maximum atomic E-state index is 10.9. The van der Waals surface area contributed by atoms with Crippen LogP contribution in [-0.4, -0.2) is 20.4 Å². The van der Waals surface area contributed by atoms with Crippen molar-refractivity contribution in [3.63, 3.8) is 0 Å². The van der Waals surface area contributed by atoms with E-state index in [0.29, 0.717) is 15.4 Å². The fourth-order valence-corrected chi connectivity index (χ4v) is 2.31. The highest BCUT2D eigenvalue weighted by atomic mass is 35.5. The molecule has 2 rings (SSSR count). The van der Waals surface area contributed by atoms with E-state index in [1.54, 1.807) is 16.8 Å². The van der Waals surface area contributed by atoms with E-state index in [2.05, 4.69) is 9.97 Å². The van der Waals surface area contributed by atoms with Crippen LogP contribution in [0.25, 0.3) is 11.2 Å². The average Bonchev–Trinajstić information content (AvgIpc) is 2.51. The zero-order valence-corrected chi connectivity index (χ0v) is 10.7. The van der Waals surface area contributed by atoms with Crippen molar-refractivity contribution in [3.05, 3.63) is 22.1 Å². The molecule has 17 heavy (non-hydrogen) atoms. The van der Waals surface area contributed by atoms with Gasteiger partial charge in [-0.2, -0.15) is 0 Å². The first-order chi connectivity index (χ1) is 7.99. The van der Waals surface area contributed by atoms with Crippen LogP contribution in [0.5, 0.6) is 0 Å². The van der Waals surface area contributed by atoms with Crippen molar-refractivity contribution in [2.45, 2.75) is 19.4 Å². The van der Waals surface area contributed by atoms with Gasteiger partial charge in [-0.05, 0) is 25.2 Å². The molecule has 3 N–H and O–H groups in total. The molecule has 0 saturated carbocycles. The van der Waals surface area contributed by atoms with Crippen molar-refractivity contribution in [1.82, 2.24) is 14.5 Å². The normalized spacial score (nSPS) is 12.8. The number of amides is 1. The third kappa shape index (κ3) is 2.32. The highest BCUT2D eigenvalue weighted by Crippen LogP contribution is 2.21. The van der Waals surface area contributed by atoms with E-state index in [0.717, 1.165) is 5.52 Å². The van der Waals surface area contributed by atoms with Crippen molar-refractivity contribution < 1.29 is 4.79 Å². The Hall–Kier alpha value is -1.40. The summed E-state index contributed by atoms with van der Waals surface area (Å²) in [6.45, 7) is 1.87. The summed E-state index contributed by atoms with van der Waals surface area (Å²) in [4.78, 5) is 18.1. The van der Waals surface area contributed by atoms with Crippen molar-refractivity contribution >= 4 is 40.9 Å². The largest absolute Gasteiger partial charge is 0.370 e. The van der Waals surface area contributed by atoms with Crippen LogP contribution in [0.15, 0.2) is 12.3 Å². The van der Waals surface area contributed by atoms with Crippen LogP contribution in [0.3, 0.4) is 0 Å². The number of primary amides is 1. The van der Waals surface area contributed by atoms with Crippen LogP contribution in [0.2, 0.25) is 5.02 Å². The molecule has 1 amide bonds. The second-order valence-electron chi connectivity index (χ2n) is 3.84. The van der Waals surface area contributed by atoms with Crippen molar-refractivity contribution in [1.29, 1.82) is 0 Å². The summed E-state index contributed by atoms with van der Waals surface area (Å²) in [5.41, 5.74) is 6.60. The number of carbonyl (C=O) groups excluding carboxylic acids is 1. The van der Waals surface area contributed by atoms with Gasteiger partial charge in [-0.25, -0.2) is 4.98 Å². The predicted molar refractivity (Wildman–Crippen MR) is 68.5 cm³/mol. The van der Waals surface area contributed by atoms with E-state index in [1.807, 2.05) is 6.92 Å². The van der Waals surface area contributed by atoms with Crippen molar-refractivity contribution in [2.75, 3.05) is 0 Å². The Kier molecular flexibility index (Phi) is 3.17. The number of imidazole rings is 1. The van der Waals surface area contributed by atoms with Crippen LogP contribution in [0.1, 0.15) is 19.4 Å². The van der Waals surface area contributed by atoms with E-state index in [1.165, 1.54) is 0 Å². The number of nitrogens with one attached hydrogen (secondary N) is 1. The molecule has 5 nitrogen and oxygen atoms in total. The average molecular weight is 271 g/mol. The molecule has 2 aromatic heterocycles. The molecule has 2 aromatic rings. The fourth-order valence-electron chi connectivity index (χ4n) is 1.78. The molecule has 1 unspecified atom stereocenters. The van der Waals surface area contributed by atoms with Gasteiger partial charge in [0, 0.05) is 18.7 Å². The van der Waals surface area contributed by atoms with Gasteiger partial charge in [0.2, 0.25) is 5.91 Å². The Morgan fingerprint density at radius 3 is 3.12 bits per heavy atom. The van der Waals surface area contributed by atoms with Gasteiger partial charge in [0.1, 0.15) is 0 Å². The SMILES string of the molecule is CC(CC(N)=O)n1c(=S)[nH]c2cc(Cl)cnc21. The van der Waals surface area contributed by atoms with Gasteiger partial charge in [0.15, 0.2) is 10.4 Å². The quantitative estimate of drug-likeness (QED) is 0.840. The minimum atomic E-state index is -0.372. The minimum absolute atomic E-state index is 0.137. The summed E-state index contributed by atoms with van der Waals surface area (Å²) in [5.74, 6) is -0.372. The molecule has 0 aliphatic heterocycles. The molecule has 0 bridgehead atoms. The summed E-state index contributed by atoms with van der Waals surface area (Å²) in [6, 6.07) is 1.61. The molecule has 0 aromatic carbocycles. The number of nitrogens with two attached hydrogens (primary N) is 1. The number of carbonyl (C=O) groups is 1. The number of hydrogen-bond donors (Lipinski definition) is 2. The number of aromatic amines is 1. The van der Waals surface area contributed by atoms with E-state index < -0.39 is 0 Å². The van der Waals surface area contributed by atoms with Crippen LogP contribution in [-0.2, 0) is 4.79 Å². The Labute approximate surface area is 108 Å². The lowest BCUT2D eigenvalue weighted by Gasteiger charge is -2.11. The van der Waals surface area contributed by atoms with E-state index in [-0.39, 0.29) is 18.4 Å². The molecule has 1 atom stereocenters. The monoisotopic (exact) mass is 270 g/mol. The lowest BCUT2D eigenvalue weighted by Crippen LogP contribution is -2.17. The van der Waals surface area contributed by atoms with Gasteiger partial charge in [0.25, 0.3) is 0 Å². The first kappa shape index (κ1) is 12.1. The molecule has 0 fully saturated rings. The van der Waals surface area contributed by atoms with E-state index in [9.17, 15) is 4.79 Å². The maximum absolute atomic E-state index is 10.9. The summed E-state index contributed by atoms with van der Waals surface area (Å²) < 4.78 is 2.27. The molecule has 2 heterocycles. The van der Waals surface area contributed by atoms with Crippen LogP contribution < -0.4 is 5.73 Å². The molecule has 0 spiro atoms. The summed E-state index contributed by atoms with van der Waals surface area (Å²) in [7, 11) is 0. The third-order valence-corrected chi connectivity index (χ3v) is 2.96. The van der Waals surface area contributed by atoms with Crippen LogP contribution >= 0.6 is 23.8 Å². The van der Waals surface area contributed by atoms with Crippen LogP contribution in [0, 0.1) is 4.77 Å². The Morgan fingerprint density at radius 2 is 2.47 bits per heavy atom. The first-order valence-electron chi connectivity index (χ1n) is 5.03. The molecule has 7 heteroatoms. The van der Waals surface area contributed by atoms with Crippen LogP contribution in [0.4, 0.5) is 0 Å². The number of pyridine rings is 1. The minimum Gasteiger partial charge on any atom is -0.370 e. The zero-order valence-electron chi connectivity index (χ0n) is 9.11. The van der Waals surface area contributed by atoms with Crippen molar-refractivity contribution in [2.24, 2.45) is 5.73 Å². The second kappa shape index (κ2) is 4.46. The van der Waals surface area contributed by atoms with E-state index in [4.69, 9.17) is 29.6 Å². The lowest BCUT2D eigenvalue weighted by atomic mass is 10.2. The molecule has 0 radical (unpaired) electrons. The molecule has 0 saturated heterocycles.